The third-order valence-electron chi connectivity index (χ3n) is 3.36. The van der Waals surface area contributed by atoms with Crippen molar-refractivity contribution in [3.8, 4) is 5.75 Å². The number of hydrogen-bond donors (Lipinski definition) is 2. The van der Waals surface area contributed by atoms with Gasteiger partial charge in [0.05, 0.1) is 0 Å². The summed E-state index contributed by atoms with van der Waals surface area (Å²) in [6, 6.07) is 12.9. The number of carbonyl (C=O) groups excluding carboxylic acids is 3. The van der Waals surface area contributed by atoms with Crippen LogP contribution < -0.4 is 15.8 Å². The molecule has 0 aliphatic carbocycles. The highest BCUT2D eigenvalue weighted by Gasteiger charge is 2.15. The van der Waals surface area contributed by atoms with Crippen LogP contribution in [0.1, 0.15) is 34.6 Å². The van der Waals surface area contributed by atoms with Crippen LogP contribution in [0.5, 0.6) is 5.75 Å². The highest BCUT2D eigenvalue weighted by molar-refractivity contribution is 5.96. The van der Waals surface area contributed by atoms with Gasteiger partial charge in [0.25, 0.3) is 5.91 Å². The topological polar surface area (TPSA) is 98.5 Å². The number of amides is 2. The average molecular weight is 326 g/mol. The molecule has 0 unspecified atom stereocenters. The summed E-state index contributed by atoms with van der Waals surface area (Å²) in [6.07, 6.45) is -0.761. The number of nitrogens with two attached hydrogens (primary N) is 1. The zero-order valence-corrected chi connectivity index (χ0v) is 13.4. The monoisotopic (exact) mass is 326 g/mol. The second-order valence-electron chi connectivity index (χ2n) is 5.27. The van der Waals surface area contributed by atoms with Gasteiger partial charge >= 0.3 is 0 Å². The highest BCUT2D eigenvalue weighted by Crippen LogP contribution is 2.16. The normalized spacial score (nSPS) is 11.4. The minimum Gasteiger partial charge on any atom is -0.481 e. The lowest BCUT2D eigenvalue weighted by molar-refractivity contribution is -0.122. The van der Waals surface area contributed by atoms with Gasteiger partial charge in [-0.15, -0.1) is 0 Å². The maximum absolute atomic E-state index is 12.2. The summed E-state index contributed by atoms with van der Waals surface area (Å²) in [5, 5.41) is 2.68. The Hall–Kier alpha value is -3.15. The summed E-state index contributed by atoms with van der Waals surface area (Å²) in [4.78, 5) is 34.5. The van der Waals surface area contributed by atoms with Gasteiger partial charge in [-0.25, -0.2) is 0 Å². The largest absolute Gasteiger partial charge is 0.481 e. The van der Waals surface area contributed by atoms with Crippen LogP contribution in [-0.4, -0.2) is 23.7 Å². The minimum absolute atomic E-state index is 0.0768. The van der Waals surface area contributed by atoms with E-state index < -0.39 is 12.0 Å². The van der Waals surface area contributed by atoms with Gasteiger partial charge in [0.2, 0.25) is 5.91 Å². The van der Waals surface area contributed by atoms with E-state index in [4.69, 9.17) is 10.5 Å². The molecule has 0 fully saturated rings. The van der Waals surface area contributed by atoms with Crippen molar-refractivity contribution < 1.29 is 19.1 Å². The van der Waals surface area contributed by atoms with E-state index in [2.05, 4.69) is 5.32 Å². The van der Waals surface area contributed by atoms with E-state index in [0.717, 1.165) is 0 Å². The number of rotatable bonds is 6. The van der Waals surface area contributed by atoms with Crippen LogP contribution in [0.3, 0.4) is 0 Å². The van der Waals surface area contributed by atoms with E-state index in [-0.39, 0.29) is 11.7 Å². The van der Waals surface area contributed by atoms with Crippen molar-refractivity contribution >= 4 is 23.3 Å². The molecule has 0 heterocycles. The number of anilines is 1. The van der Waals surface area contributed by atoms with Crippen molar-refractivity contribution in [3.63, 3.8) is 0 Å². The number of benzene rings is 2. The van der Waals surface area contributed by atoms with Gasteiger partial charge in [0, 0.05) is 16.8 Å². The second-order valence-corrected chi connectivity index (χ2v) is 5.27. The number of ether oxygens (including phenoxy) is 1. The van der Waals surface area contributed by atoms with Crippen molar-refractivity contribution in [2.75, 3.05) is 5.32 Å². The number of hydrogen-bond acceptors (Lipinski definition) is 4. The van der Waals surface area contributed by atoms with Gasteiger partial charge in [0.1, 0.15) is 5.75 Å². The molecule has 0 radical (unpaired) electrons. The van der Waals surface area contributed by atoms with Crippen LogP contribution in [0.2, 0.25) is 0 Å². The van der Waals surface area contributed by atoms with E-state index in [1.807, 2.05) is 0 Å². The zero-order chi connectivity index (χ0) is 17.7. The highest BCUT2D eigenvalue weighted by atomic mass is 16.5. The van der Waals surface area contributed by atoms with Crippen molar-refractivity contribution in [2.24, 2.45) is 5.73 Å². The SMILES string of the molecule is CC(=O)c1cccc(O[C@@H](C)C(=O)Nc2ccc(C(N)=O)cc2)c1. The summed E-state index contributed by atoms with van der Waals surface area (Å²) in [5.41, 5.74) is 6.56. The number of carbonyl (C=O) groups is 3. The van der Waals surface area contributed by atoms with E-state index in [1.165, 1.54) is 19.1 Å². The molecule has 0 saturated carbocycles. The Bertz CT molecular complexity index is 769. The zero-order valence-electron chi connectivity index (χ0n) is 13.4. The second kappa shape index (κ2) is 7.41. The molecule has 3 N–H and O–H groups in total. The van der Waals surface area contributed by atoms with Crippen molar-refractivity contribution in [3.05, 3.63) is 59.7 Å². The van der Waals surface area contributed by atoms with Crippen LogP contribution in [0, 0.1) is 0 Å². The summed E-state index contributed by atoms with van der Waals surface area (Å²) in [5.74, 6) is -0.522. The van der Waals surface area contributed by atoms with Gasteiger partial charge in [-0.1, -0.05) is 12.1 Å². The molecule has 0 saturated heterocycles. The van der Waals surface area contributed by atoms with Crippen LogP contribution in [-0.2, 0) is 4.79 Å². The fraction of sp³-hybridized carbons (Fsp3) is 0.167. The third-order valence-corrected chi connectivity index (χ3v) is 3.36. The summed E-state index contributed by atoms with van der Waals surface area (Å²) >= 11 is 0. The lowest BCUT2D eigenvalue weighted by atomic mass is 10.1. The molecule has 2 amide bonds. The molecular formula is C18H18N2O4. The predicted molar refractivity (Wildman–Crippen MR) is 90.1 cm³/mol. The Balaban J connectivity index is 2.00. The maximum atomic E-state index is 12.2. The Labute approximate surface area is 139 Å². The van der Waals surface area contributed by atoms with Gasteiger partial charge in [0.15, 0.2) is 11.9 Å². The molecule has 0 bridgehead atoms. The number of Topliss-reactive ketones (excluding diaryl/α,β-unsaturated/α-hetero) is 1. The van der Waals surface area contributed by atoms with Gasteiger partial charge in [-0.2, -0.15) is 0 Å². The standard InChI is InChI=1S/C18H18N2O4/c1-11(21)14-4-3-5-16(10-14)24-12(2)18(23)20-15-8-6-13(7-9-15)17(19)22/h3-10,12H,1-2H3,(H2,19,22)(H,20,23)/t12-/m0/s1. The summed E-state index contributed by atoms with van der Waals surface area (Å²) < 4.78 is 5.56. The van der Waals surface area contributed by atoms with E-state index in [0.29, 0.717) is 22.6 Å². The Kier molecular flexibility index (Phi) is 5.31. The lowest BCUT2D eigenvalue weighted by Crippen LogP contribution is -2.30. The van der Waals surface area contributed by atoms with Gasteiger partial charge in [-0.05, 0) is 50.2 Å². The van der Waals surface area contributed by atoms with Crippen molar-refractivity contribution in [1.29, 1.82) is 0 Å². The molecule has 2 rings (SSSR count). The summed E-state index contributed by atoms with van der Waals surface area (Å²) in [6.45, 7) is 3.07. The lowest BCUT2D eigenvalue weighted by Gasteiger charge is -2.15. The average Bonchev–Trinajstić information content (AvgIpc) is 2.55. The number of primary amides is 1. The molecule has 124 valence electrons. The predicted octanol–water partition coefficient (Wildman–Crippen LogP) is 2.39. The van der Waals surface area contributed by atoms with Gasteiger partial charge < -0.3 is 15.8 Å². The van der Waals surface area contributed by atoms with Gasteiger partial charge in [-0.3, -0.25) is 14.4 Å². The fourth-order valence-corrected chi connectivity index (χ4v) is 2.01. The van der Waals surface area contributed by atoms with Crippen molar-refractivity contribution in [1.82, 2.24) is 0 Å². The first kappa shape index (κ1) is 17.2. The van der Waals surface area contributed by atoms with E-state index in [1.54, 1.807) is 43.3 Å². The van der Waals surface area contributed by atoms with E-state index >= 15 is 0 Å². The Morgan fingerprint density at radius 3 is 2.29 bits per heavy atom. The van der Waals surface area contributed by atoms with Crippen LogP contribution in [0.15, 0.2) is 48.5 Å². The number of ketones is 1. The van der Waals surface area contributed by atoms with Crippen LogP contribution in [0.4, 0.5) is 5.69 Å². The van der Waals surface area contributed by atoms with Crippen molar-refractivity contribution in [2.45, 2.75) is 20.0 Å². The molecule has 6 nitrogen and oxygen atoms in total. The minimum atomic E-state index is -0.761. The smallest absolute Gasteiger partial charge is 0.265 e. The van der Waals surface area contributed by atoms with E-state index in [9.17, 15) is 14.4 Å². The first-order chi connectivity index (χ1) is 11.4. The quantitative estimate of drug-likeness (QED) is 0.796. The molecule has 0 aliphatic heterocycles. The first-order valence-corrected chi connectivity index (χ1v) is 7.35. The number of nitrogens with one attached hydrogen (secondary N) is 1. The maximum Gasteiger partial charge on any atom is 0.265 e. The Morgan fingerprint density at radius 2 is 1.71 bits per heavy atom. The Morgan fingerprint density at radius 1 is 1.04 bits per heavy atom. The summed E-state index contributed by atoms with van der Waals surface area (Å²) in [7, 11) is 0. The molecule has 2 aromatic rings. The molecule has 0 aromatic heterocycles. The molecule has 0 aliphatic rings. The molecule has 6 heteroatoms. The third kappa shape index (κ3) is 4.42. The van der Waals surface area contributed by atoms with Crippen LogP contribution >= 0.6 is 0 Å². The molecular weight excluding hydrogens is 308 g/mol. The van der Waals surface area contributed by atoms with Crippen LogP contribution in [0.25, 0.3) is 0 Å². The molecule has 2 aromatic carbocycles. The molecule has 0 spiro atoms. The molecule has 1 atom stereocenters. The first-order valence-electron chi connectivity index (χ1n) is 7.35. The fourth-order valence-electron chi connectivity index (χ4n) is 2.01. The molecule has 24 heavy (non-hydrogen) atoms.